The first kappa shape index (κ1) is 23.2. The Labute approximate surface area is 195 Å². The first-order valence-electron chi connectivity index (χ1n) is 9.64. The van der Waals surface area contributed by atoms with Gasteiger partial charge in [-0.15, -0.1) is 11.3 Å². The van der Waals surface area contributed by atoms with Crippen LogP contribution in [0, 0.1) is 6.92 Å². The Hall–Kier alpha value is -2.45. The number of thiazole rings is 1. The van der Waals surface area contributed by atoms with E-state index >= 15 is 0 Å². The second kappa shape index (κ2) is 10.7. The Morgan fingerprint density at radius 2 is 1.61 bits per heavy atom. The summed E-state index contributed by atoms with van der Waals surface area (Å²) >= 11 is 13.5. The van der Waals surface area contributed by atoms with Crippen LogP contribution in [0.1, 0.15) is 12.5 Å². The summed E-state index contributed by atoms with van der Waals surface area (Å²) in [7, 11) is 0. The Morgan fingerprint density at radius 3 is 2.23 bits per heavy atom. The van der Waals surface area contributed by atoms with E-state index in [9.17, 15) is 9.59 Å². The monoisotopic (exact) mass is 476 g/mol. The molecule has 0 aliphatic rings. The van der Waals surface area contributed by atoms with Gasteiger partial charge in [0.25, 0.3) is 0 Å². The van der Waals surface area contributed by atoms with Gasteiger partial charge in [-0.1, -0.05) is 66.0 Å². The quantitative estimate of drug-likeness (QED) is 0.460. The molecule has 0 aliphatic carbocycles. The van der Waals surface area contributed by atoms with Crippen LogP contribution in [0.2, 0.25) is 10.0 Å². The standard InChI is InChI=1S/C22H22Cl2N4O2S/c1-3-28(11-19(29)26-21-16(23)5-4-6-17(21)24)12-20(30)27-22-25-18(13-31-22)15-9-7-14(2)8-10-15/h4-10,13H,3,11-12H2,1-2H3,(H,26,29)(H,25,27,30). The molecule has 0 fully saturated rings. The topological polar surface area (TPSA) is 74.3 Å². The predicted octanol–water partition coefficient (Wildman–Crippen LogP) is 5.32. The summed E-state index contributed by atoms with van der Waals surface area (Å²) in [6, 6.07) is 13.0. The van der Waals surface area contributed by atoms with Gasteiger partial charge >= 0.3 is 0 Å². The number of benzene rings is 2. The van der Waals surface area contributed by atoms with Crippen molar-refractivity contribution in [3.05, 3.63) is 63.5 Å². The summed E-state index contributed by atoms with van der Waals surface area (Å²) < 4.78 is 0. The highest BCUT2D eigenvalue weighted by Crippen LogP contribution is 2.29. The number of nitrogens with zero attached hydrogens (tertiary/aromatic N) is 2. The molecule has 0 bridgehead atoms. The van der Waals surface area contributed by atoms with Gasteiger partial charge in [-0.2, -0.15) is 0 Å². The highest BCUT2D eigenvalue weighted by atomic mass is 35.5. The molecule has 0 atom stereocenters. The average Bonchev–Trinajstić information content (AvgIpc) is 3.19. The number of aryl methyl sites for hydroxylation is 1. The maximum Gasteiger partial charge on any atom is 0.240 e. The van der Waals surface area contributed by atoms with Crippen LogP contribution in [0.25, 0.3) is 11.3 Å². The predicted molar refractivity (Wildman–Crippen MR) is 128 cm³/mol. The van der Waals surface area contributed by atoms with Crippen LogP contribution in [0.3, 0.4) is 0 Å². The molecule has 2 aromatic carbocycles. The Balaban J connectivity index is 1.55. The Kier molecular flexibility index (Phi) is 8.03. The van der Waals surface area contributed by atoms with Gasteiger partial charge < -0.3 is 10.6 Å². The zero-order chi connectivity index (χ0) is 22.4. The molecule has 31 heavy (non-hydrogen) atoms. The number of carbonyl (C=O) groups is 2. The van der Waals surface area contributed by atoms with Crippen LogP contribution >= 0.6 is 34.5 Å². The lowest BCUT2D eigenvalue weighted by atomic mass is 10.1. The van der Waals surface area contributed by atoms with Gasteiger partial charge in [0.15, 0.2) is 5.13 Å². The third-order valence-electron chi connectivity index (χ3n) is 4.51. The number of anilines is 2. The van der Waals surface area contributed by atoms with E-state index in [1.165, 1.54) is 16.9 Å². The van der Waals surface area contributed by atoms with E-state index < -0.39 is 0 Å². The molecule has 0 radical (unpaired) electrons. The summed E-state index contributed by atoms with van der Waals surface area (Å²) in [6.45, 7) is 4.50. The van der Waals surface area contributed by atoms with E-state index in [0.29, 0.717) is 27.4 Å². The van der Waals surface area contributed by atoms with E-state index in [0.717, 1.165) is 11.3 Å². The van der Waals surface area contributed by atoms with Crippen LogP contribution < -0.4 is 10.6 Å². The molecule has 3 rings (SSSR count). The van der Waals surface area contributed by atoms with Crippen LogP contribution in [-0.2, 0) is 9.59 Å². The minimum atomic E-state index is -0.305. The number of likely N-dealkylation sites (N-methyl/N-ethyl adjacent to an activating group) is 1. The maximum absolute atomic E-state index is 12.5. The van der Waals surface area contributed by atoms with Gasteiger partial charge in [0.2, 0.25) is 11.8 Å². The smallest absolute Gasteiger partial charge is 0.240 e. The molecule has 1 heterocycles. The van der Waals surface area contributed by atoms with E-state index in [1.807, 2.05) is 43.5 Å². The third kappa shape index (κ3) is 6.51. The zero-order valence-electron chi connectivity index (χ0n) is 17.1. The lowest BCUT2D eigenvalue weighted by Gasteiger charge is -2.19. The lowest BCUT2D eigenvalue weighted by Crippen LogP contribution is -2.38. The number of aromatic nitrogens is 1. The largest absolute Gasteiger partial charge is 0.322 e. The molecular weight excluding hydrogens is 455 g/mol. The van der Waals surface area contributed by atoms with E-state index in [4.69, 9.17) is 23.2 Å². The summed E-state index contributed by atoms with van der Waals surface area (Å²) in [6.07, 6.45) is 0. The molecule has 6 nitrogen and oxygen atoms in total. The summed E-state index contributed by atoms with van der Waals surface area (Å²) in [5, 5.41) is 8.64. The van der Waals surface area contributed by atoms with Crippen molar-refractivity contribution in [3.8, 4) is 11.3 Å². The molecular formula is C22H22Cl2N4O2S. The summed E-state index contributed by atoms with van der Waals surface area (Å²) in [5.74, 6) is -0.546. The Morgan fingerprint density at radius 1 is 1.00 bits per heavy atom. The highest BCUT2D eigenvalue weighted by molar-refractivity contribution is 7.14. The summed E-state index contributed by atoms with van der Waals surface area (Å²) in [4.78, 5) is 31.0. The number of nitrogens with one attached hydrogen (secondary N) is 2. The van der Waals surface area contributed by atoms with Gasteiger partial charge in [-0.05, 0) is 25.6 Å². The fourth-order valence-electron chi connectivity index (χ4n) is 2.83. The number of hydrogen-bond donors (Lipinski definition) is 2. The lowest BCUT2D eigenvalue weighted by molar-refractivity contribution is -0.119. The van der Waals surface area contributed by atoms with Crippen LogP contribution in [0.4, 0.5) is 10.8 Å². The second-order valence-electron chi connectivity index (χ2n) is 6.90. The highest BCUT2D eigenvalue weighted by Gasteiger charge is 2.16. The summed E-state index contributed by atoms with van der Waals surface area (Å²) in [5.41, 5.74) is 3.34. The van der Waals surface area contributed by atoms with Crippen molar-refractivity contribution >= 4 is 57.2 Å². The van der Waals surface area contributed by atoms with Crippen molar-refractivity contribution in [2.45, 2.75) is 13.8 Å². The number of para-hydroxylation sites is 1. The fourth-order valence-corrected chi connectivity index (χ4v) is 4.06. The molecule has 0 saturated heterocycles. The molecule has 0 spiro atoms. The first-order chi connectivity index (χ1) is 14.9. The van der Waals surface area contributed by atoms with E-state index in [1.54, 1.807) is 23.1 Å². The third-order valence-corrected chi connectivity index (χ3v) is 5.89. The second-order valence-corrected chi connectivity index (χ2v) is 8.57. The molecule has 0 saturated carbocycles. The molecule has 0 aliphatic heterocycles. The van der Waals surface area contributed by atoms with E-state index in [-0.39, 0.29) is 24.9 Å². The molecule has 9 heteroatoms. The van der Waals surface area contributed by atoms with Gasteiger partial charge in [0, 0.05) is 10.9 Å². The van der Waals surface area contributed by atoms with Gasteiger partial charge in [-0.3, -0.25) is 14.5 Å². The zero-order valence-corrected chi connectivity index (χ0v) is 19.4. The average molecular weight is 477 g/mol. The minimum Gasteiger partial charge on any atom is -0.322 e. The van der Waals surface area contributed by atoms with Crippen molar-refractivity contribution in [1.29, 1.82) is 0 Å². The molecule has 1 aromatic heterocycles. The molecule has 162 valence electrons. The number of hydrogen-bond acceptors (Lipinski definition) is 5. The van der Waals surface area contributed by atoms with Crippen LogP contribution in [-0.4, -0.2) is 41.3 Å². The molecule has 2 amide bonds. The molecule has 3 aromatic rings. The normalized spacial score (nSPS) is 10.9. The van der Waals surface area contributed by atoms with Crippen LogP contribution in [0.5, 0.6) is 0 Å². The van der Waals surface area contributed by atoms with Crippen molar-refractivity contribution in [2.75, 3.05) is 30.3 Å². The maximum atomic E-state index is 12.5. The van der Waals surface area contributed by atoms with Crippen molar-refractivity contribution in [2.24, 2.45) is 0 Å². The van der Waals surface area contributed by atoms with Gasteiger partial charge in [-0.25, -0.2) is 4.98 Å². The minimum absolute atomic E-state index is 0.0258. The molecule has 0 unspecified atom stereocenters. The van der Waals surface area contributed by atoms with Crippen molar-refractivity contribution in [1.82, 2.24) is 9.88 Å². The van der Waals surface area contributed by atoms with E-state index in [2.05, 4.69) is 15.6 Å². The number of halogens is 2. The fraction of sp³-hybridized carbons (Fsp3) is 0.227. The number of amides is 2. The van der Waals surface area contributed by atoms with Crippen LogP contribution in [0.15, 0.2) is 47.8 Å². The van der Waals surface area contributed by atoms with Crippen molar-refractivity contribution < 1.29 is 9.59 Å². The van der Waals surface area contributed by atoms with Gasteiger partial charge in [0.1, 0.15) is 0 Å². The first-order valence-corrected chi connectivity index (χ1v) is 11.3. The number of rotatable bonds is 8. The molecule has 2 N–H and O–H groups in total. The Bertz CT molecular complexity index is 1050. The van der Waals surface area contributed by atoms with Crippen molar-refractivity contribution in [3.63, 3.8) is 0 Å². The number of carbonyl (C=O) groups excluding carboxylic acids is 2. The van der Waals surface area contributed by atoms with Gasteiger partial charge in [0.05, 0.1) is 34.5 Å². The SMILES string of the molecule is CCN(CC(=O)Nc1nc(-c2ccc(C)cc2)cs1)CC(=O)Nc1c(Cl)cccc1Cl.